The number of piperazine rings is 1. The average Bonchev–Trinajstić information content (AvgIpc) is 2.80. The molecule has 0 saturated carbocycles. The summed E-state index contributed by atoms with van der Waals surface area (Å²) in [4.78, 5) is 17.5. The van der Waals surface area contributed by atoms with Crippen LogP contribution in [0.4, 0.5) is 5.69 Å². The molecule has 154 valence electrons. The molecule has 1 aliphatic heterocycles. The highest BCUT2D eigenvalue weighted by molar-refractivity contribution is 5.97. The first kappa shape index (κ1) is 20.3. The minimum Gasteiger partial charge on any atom is -0.325 e. The van der Waals surface area contributed by atoms with Crippen molar-refractivity contribution in [3.63, 3.8) is 0 Å². The first-order valence-corrected chi connectivity index (χ1v) is 10.7. The van der Waals surface area contributed by atoms with Gasteiger partial charge in [-0.05, 0) is 35.4 Å². The van der Waals surface area contributed by atoms with Crippen molar-refractivity contribution in [1.82, 2.24) is 9.80 Å². The van der Waals surface area contributed by atoms with Crippen molar-refractivity contribution < 1.29 is 4.79 Å². The molecule has 1 saturated heterocycles. The Balaban J connectivity index is 1.26. The summed E-state index contributed by atoms with van der Waals surface area (Å²) in [7, 11) is 0. The third kappa shape index (κ3) is 5.15. The van der Waals surface area contributed by atoms with Crippen molar-refractivity contribution in [3.8, 4) is 0 Å². The third-order valence-corrected chi connectivity index (χ3v) is 5.82. The Morgan fingerprint density at radius 2 is 1.63 bits per heavy atom. The van der Waals surface area contributed by atoms with Gasteiger partial charge < -0.3 is 5.32 Å². The van der Waals surface area contributed by atoms with Crippen LogP contribution in [0.2, 0.25) is 0 Å². The first-order valence-electron chi connectivity index (χ1n) is 10.7. The van der Waals surface area contributed by atoms with E-state index in [1.54, 1.807) is 0 Å². The molecule has 0 aromatic heterocycles. The zero-order chi connectivity index (χ0) is 20.8. The van der Waals surface area contributed by atoms with Gasteiger partial charge in [0.1, 0.15) is 0 Å². The predicted octanol–water partition coefficient (Wildman–Crippen LogP) is 4.50. The molecule has 0 spiro atoms. The lowest BCUT2D eigenvalue weighted by atomic mass is 10.1. The van der Waals surface area contributed by atoms with Gasteiger partial charge in [0, 0.05) is 38.4 Å². The van der Waals surface area contributed by atoms with Crippen LogP contribution in [-0.4, -0.2) is 54.5 Å². The van der Waals surface area contributed by atoms with Gasteiger partial charge in [-0.3, -0.25) is 14.6 Å². The predicted molar refractivity (Wildman–Crippen MR) is 126 cm³/mol. The van der Waals surface area contributed by atoms with Crippen LogP contribution >= 0.6 is 0 Å². The van der Waals surface area contributed by atoms with Crippen molar-refractivity contribution >= 4 is 28.4 Å². The van der Waals surface area contributed by atoms with Crippen molar-refractivity contribution in [3.05, 3.63) is 84.4 Å². The highest BCUT2D eigenvalue weighted by Crippen LogP contribution is 2.19. The Kier molecular flexibility index (Phi) is 6.57. The Morgan fingerprint density at radius 3 is 2.40 bits per heavy atom. The van der Waals surface area contributed by atoms with E-state index in [0.29, 0.717) is 0 Å². The van der Waals surface area contributed by atoms with Crippen molar-refractivity contribution in [2.24, 2.45) is 0 Å². The van der Waals surface area contributed by atoms with E-state index in [1.807, 2.05) is 37.3 Å². The van der Waals surface area contributed by atoms with Crippen molar-refractivity contribution in [2.45, 2.75) is 13.0 Å². The van der Waals surface area contributed by atoms with E-state index in [-0.39, 0.29) is 11.9 Å². The summed E-state index contributed by atoms with van der Waals surface area (Å²) in [5.74, 6) is 0.0581. The number of hydrogen-bond donors (Lipinski definition) is 1. The normalized spacial score (nSPS) is 16.7. The summed E-state index contributed by atoms with van der Waals surface area (Å²) in [5, 5.41) is 5.41. The molecular formula is C26H29N3O. The standard InChI is InChI=1S/C26H29N3O/c1-21(26(30)27-25-14-13-23-11-5-6-12-24(23)20-25)29-18-16-28(17-19-29)15-7-10-22-8-3-2-4-9-22/h2-14,20-21H,15-19H2,1H3,(H,27,30)/b10-7+. The van der Waals surface area contributed by atoms with Gasteiger partial charge in [0.05, 0.1) is 6.04 Å². The molecular weight excluding hydrogens is 370 g/mol. The van der Waals surface area contributed by atoms with Gasteiger partial charge in [-0.2, -0.15) is 0 Å². The van der Waals surface area contributed by atoms with Crippen LogP contribution in [0.15, 0.2) is 78.9 Å². The number of nitrogens with zero attached hydrogens (tertiary/aromatic N) is 2. The Morgan fingerprint density at radius 1 is 0.933 bits per heavy atom. The molecule has 3 aromatic rings. The number of amides is 1. The molecule has 4 rings (SSSR count). The molecule has 30 heavy (non-hydrogen) atoms. The van der Waals surface area contributed by atoms with E-state index in [9.17, 15) is 4.79 Å². The molecule has 1 fully saturated rings. The molecule has 0 aliphatic carbocycles. The summed E-state index contributed by atoms with van der Waals surface area (Å²) in [6, 6.07) is 24.5. The van der Waals surface area contributed by atoms with E-state index < -0.39 is 0 Å². The molecule has 1 unspecified atom stereocenters. The second-order valence-corrected chi connectivity index (χ2v) is 7.88. The second kappa shape index (κ2) is 9.70. The van der Waals surface area contributed by atoms with Gasteiger partial charge in [0.2, 0.25) is 5.91 Å². The van der Waals surface area contributed by atoms with E-state index in [2.05, 4.69) is 69.7 Å². The van der Waals surface area contributed by atoms with Crippen LogP contribution in [-0.2, 0) is 4.79 Å². The van der Waals surface area contributed by atoms with Crippen molar-refractivity contribution in [2.75, 3.05) is 38.0 Å². The Labute approximate surface area is 178 Å². The molecule has 0 radical (unpaired) electrons. The van der Waals surface area contributed by atoms with Crippen LogP contribution in [0.25, 0.3) is 16.8 Å². The lowest BCUT2D eigenvalue weighted by Gasteiger charge is -2.37. The lowest BCUT2D eigenvalue weighted by molar-refractivity contribution is -0.121. The molecule has 3 aromatic carbocycles. The minimum absolute atomic E-state index is 0.0581. The maximum atomic E-state index is 12.8. The maximum absolute atomic E-state index is 12.8. The largest absolute Gasteiger partial charge is 0.325 e. The van der Waals surface area contributed by atoms with E-state index in [1.165, 1.54) is 10.9 Å². The smallest absolute Gasteiger partial charge is 0.241 e. The number of benzene rings is 3. The van der Waals surface area contributed by atoms with Gasteiger partial charge >= 0.3 is 0 Å². The molecule has 1 aliphatic rings. The number of rotatable bonds is 6. The zero-order valence-corrected chi connectivity index (χ0v) is 17.5. The van der Waals surface area contributed by atoms with Crippen LogP contribution in [0.3, 0.4) is 0 Å². The molecule has 0 bridgehead atoms. The van der Waals surface area contributed by atoms with E-state index in [4.69, 9.17) is 0 Å². The fraction of sp³-hybridized carbons (Fsp3) is 0.269. The number of nitrogens with one attached hydrogen (secondary N) is 1. The Bertz CT molecular complexity index is 1010. The average molecular weight is 400 g/mol. The third-order valence-electron chi connectivity index (χ3n) is 5.82. The summed E-state index contributed by atoms with van der Waals surface area (Å²) in [6.07, 6.45) is 4.40. The number of carbonyl (C=O) groups is 1. The summed E-state index contributed by atoms with van der Waals surface area (Å²) in [5.41, 5.74) is 2.09. The minimum atomic E-state index is -0.140. The summed E-state index contributed by atoms with van der Waals surface area (Å²) < 4.78 is 0. The summed E-state index contributed by atoms with van der Waals surface area (Å²) >= 11 is 0. The number of hydrogen-bond acceptors (Lipinski definition) is 3. The van der Waals surface area contributed by atoms with Gasteiger partial charge in [0.25, 0.3) is 0 Å². The second-order valence-electron chi connectivity index (χ2n) is 7.88. The molecule has 1 heterocycles. The monoisotopic (exact) mass is 399 g/mol. The van der Waals surface area contributed by atoms with E-state index in [0.717, 1.165) is 43.8 Å². The first-order chi connectivity index (χ1) is 14.7. The van der Waals surface area contributed by atoms with Crippen LogP contribution in [0.1, 0.15) is 12.5 Å². The molecule has 1 amide bonds. The SMILES string of the molecule is CC(C(=O)Nc1ccc2ccccc2c1)N1CCN(C/C=C/c2ccccc2)CC1. The highest BCUT2D eigenvalue weighted by atomic mass is 16.2. The molecule has 1 atom stereocenters. The zero-order valence-electron chi connectivity index (χ0n) is 17.5. The fourth-order valence-electron chi connectivity index (χ4n) is 3.91. The highest BCUT2D eigenvalue weighted by Gasteiger charge is 2.25. The van der Waals surface area contributed by atoms with Gasteiger partial charge in [-0.1, -0.05) is 72.8 Å². The lowest BCUT2D eigenvalue weighted by Crippen LogP contribution is -2.52. The fourth-order valence-corrected chi connectivity index (χ4v) is 3.91. The van der Waals surface area contributed by atoms with E-state index >= 15 is 0 Å². The quantitative estimate of drug-likeness (QED) is 0.663. The number of anilines is 1. The number of carbonyl (C=O) groups excluding carboxylic acids is 1. The Hall–Kier alpha value is -2.95. The summed E-state index contributed by atoms with van der Waals surface area (Å²) in [6.45, 7) is 6.72. The topological polar surface area (TPSA) is 35.6 Å². The van der Waals surface area contributed by atoms with Crippen LogP contribution in [0.5, 0.6) is 0 Å². The van der Waals surface area contributed by atoms with Gasteiger partial charge in [-0.15, -0.1) is 0 Å². The van der Waals surface area contributed by atoms with Crippen molar-refractivity contribution in [1.29, 1.82) is 0 Å². The molecule has 1 N–H and O–H groups in total. The molecule has 4 heteroatoms. The van der Waals surface area contributed by atoms with Crippen LogP contribution in [0, 0.1) is 0 Å². The molecule has 4 nitrogen and oxygen atoms in total. The van der Waals surface area contributed by atoms with Crippen LogP contribution < -0.4 is 5.32 Å². The van der Waals surface area contributed by atoms with Gasteiger partial charge in [0.15, 0.2) is 0 Å². The van der Waals surface area contributed by atoms with Gasteiger partial charge in [-0.25, -0.2) is 0 Å². The number of fused-ring (bicyclic) bond motifs is 1. The maximum Gasteiger partial charge on any atom is 0.241 e.